The van der Waals surface area contributed by atoms with E-state index in [2.05, 4.69) is 4.74 Å². The molecule has 0 aliphatic carbocycles. The molecule has 0 aromatic heterocycles. The van der Waals surface area contributed by atoms with E-state index in [4.69, 9.17) is 31.3 Å². The maximum absolute atomic E-state index is 10.6. The van der Waals surface area contributed by atoms with Crippen LogP contribution in [0.5, 0.6) is 0 Å². The Hall–Kier alpha value is -1.10. The molecular formula is C8H17NO8. The van der Waals surface area contributed by atoms with Gasteiger partial charge in [-0.2, -0.15) is 0 Å². The van der Waals surface area contributed by atoms with Gasteiger partial charge in [0.15, 0.2) is 12.2 Å². The van der Waals surface area contributed by atoms with Gasteiger partial charge in [0.1, 0.15) is 0 Å². The van der Waals surface area contributed by atoms with Gasteiger partial charge < -0.3 is 36.0 Å². The molecule has 7 N–H and O–H groups in total. The van der Waals surface area contributed by atoms with Crippen molar-refractivity contribution in [3.63, 3.8) is 0 Å². The van der Waals surface area contributed by atoms with Gasteiger partial charge in [-0.25, -0.2) is 9.59 Å². The van der Waals surface area contributed by atoms with Gasteiger partial charge in [0.2, 0.25) is 0 Å². The van der Waals surface area contributed by atoms with E-state index in [1.165, 1.54) is 0 Å². The molecule has 0 heterocycles. The monoisotopic (exact) mass is 255 g/mol. The molecule has 0 amide bonds. The average Bonchev–Trinajstić information content (AvgIpc) is 2.36. The Morgan fingerprint density at radius 2 is 1.29 bits per heavy atom. The Morgan fingerprint density at radius 1 is 1.00 bits per heavy atom. The number of aliphatic hydroxyl groups is 5. The molecule has 2 unspecified atom stereocenters. The Balaban J connectivity index is 0. The summed E-state index contributed by atoms with van der Waals surface area (Å²) < 4.78 is 3.86. The molecule has 0 radical (unpaired) electrons. The first kappa shape index (κ1) is 18.3. The van der Waals surface area contributed by atoms with E-state index in [-0.39, 0.29) is 6.61 Å². The summed E-state index contributed by atoms with van der Waals surface area (Å²) in [6, 6.07) is 0. The molecule has 2 atom stereocenters. The topological polar surface area (TPSA) is 171 Å². The maximum atomic E-state index is 10.6. The Morgan fingerprint density at radius 3 is 1.47 bits per heavy atom. The van der Waals surface area contributed by atoms with E-state index >= 15 is 0 Å². The predicted molar refractivity (Wildman–Crippen MR) is 53.4 cm³/mol. The van der Waals surface area contributed by atoms with Crippen LogP contribution in [0.2, 0.25) is 0 Å². The fourth-order valence-electron chi connectivity index (χ4n) is 0.384. The molecule has 0 aromatic rings. The molecule has 102 valence electrons. The zero-order valence-electron chi connectivity index (χ0n) is 9.02. The van der Waals surface area contributed by atoms with Gasteiger partial charge in [-0.15, -0.1) is 0 Å². The van der Waals surface area contributed by atoms with Gasteiger partial charge in [0.05, 0.1) is 19.8 Å². The Labute approximate surface area is 97.0 Å². The number of rotatable bonds is 5. The van der Waals surface area contributed by atoms with Crippen LogP contribution in [0, 0.1) is 0 Å². The molecule has 0 aromatic carbocycles. The van der Waals surface area contributed by atoms with Crippen LogP contribution >= 0.6 is 0 Å². The molecule has 0 fully saturated rings. The van der Waals surface area contributed by atoms with Gasteiger partial charge >= 0.3 is 11.9 Å². The molecular weight excluding hydrogens is 238 g/mol. The van der Waals surface area contributed by atoms with Crippen molar-refractivity contribution in [3.8, 4) is 0 Å². The lowest BCUT2D eigenvalue weighted by Gasteiger charge is -2.08. The van der Waals surface area contributed by atoms with Crippen molar-refractivity contribution < 1.29 is 39.9 Å². The van der Waals surface area contributed by atoms with Crippen molar-refractivity contribution >= 4 is 11.9 Å². The first-order chi connectivity index (χ1) is 7.94. The van der Waals surface area contributed by atoms with Gasteiger partial charge in [-0.1, -0.05) is 0 Å². The fraction of sp³-hybridized carbons (Fsp3) is 0.750. The Bertz CT molecular complexity index is 200. The minimum absolute atomic E-state index is 0.0972. The minimum Gasteiger partial charge on any atom is -0.395 e. The summed E-state index contributed by atoms with van der Waals surface area (Å²) in [6.07, 6.45) is -3.65. The van der Waals surface area contributed by atoms with Crippen LogP contribution in [0.25, 0.3) is 0 Å². The number of nitrogens with two attached hydrogens (primary N) is 1. The maximum Gasteiger partial charge on any atom is 0.345 e. The molecule has 0 aliphatic heterocycles. The first-order valence-corrected chi connectivity index (χ1v) is 4.58. The van der Waals surface area contributed by atoms with E-state index in [0.717, 1.165) is 0 Å². The lowest BCUT2D eigenvalue weighted by atomic mass is 10.3. The molecule has 9 nitrogen and oxygen atoms in total. The zero-order valence-corrected chi connectivity index (χ0v) is 9.02. The molecule has 0 saturated carbocycles. The standard InChI is InChI=1S/C6H10O7.C2H7NO/c7-1-3(9)5(11)13-6(12)4(10)2-8;3-1-2-4/h3-4,7-10H,1-2H2;4H,1-3H2. The zero-order chi connectivity index (χ0) is 13.8. The van der Waals surface area contributed by atoms with Crippen molar-refractivity contribution in [2.24, 2.45) is 5.73 Å². The third kappa shape index (κ3) is 9.81. The van der Waals surface area contributed by atoms with Crippen LogP contribution in [-0.4, -0.2) is 76.0 Å². The lowest BCUT2D eigenvalue weighted by Crippen LogP contribution is -2.34. The van der Waals surface area contributed by atoms with Crippen LogP contribution in [0.3, 0.4) is 0 Å². The normalized spacial score (nSPS) is 13.1. The summed E-state index contributed by atoms with van der Waals surface area (Å²) in [7, 11) is 0. The molecule has 9 heteroatoms. The quantitative estimate of drug-likeness (QED) is 0.210. The number of esters is 2. The van der Waals surface area contributed by atoms with Crippen molar-refractivity contribution in [2.75, 3.05) is 26.4 Å². The number of hydrogen-bond acceptors (Lipinski definition) is 9. The molecule has 0 bridgehead atoms. The van der Waals surface area contributed by atoms with Crippen molar-refractivity contribution in [1.29, 1.82) is 0 Å². The summed E-state index contributed by atoms with van der Waals surface area (Å²) in [5.41, 5.74) is 4.78. The number of ether oxygens (including phenoxy) is 1. The highest BCUT2D eigenvalue weighted by atomic mass is 16.6. The Kier molecular flexibility index (Phi) is 12.2. The van der Waals surface area contributed by atoms with E-state index in [0.29, 0.717) is 6.54 Å². The van der Waals surface area contributed by atoms with Gasteiger partial charge in [0, 0.05) is 6.54 Å². The highest BCUT2D eigenvalue weighted by Crippen LogP contribution is 1.92. The minimum atomic E-state index is -1.82. The number of carbonyl (C=O) groups excluding carboxylic acids is 2. The second kappa shape index (κ2) is 11.4. The average molecular weight is 255 g/mol. The van der Waals surface area contributed by atoms with E-state index in [1.807, 2.05) is 0 Å². The third-order valence-electron chi connectivity index (χ3n) is 1.22. The van der Waals surface area contributed by atoms with Crippen LogP contribution < -0.4 is 5.73 Å². The van der Waals surface area contributed by atoms with Crippen molar-refractivity contribution in [2.45, 2.75) is 12.2 Å². The highest BCUT2D eigenvalue weighted by molar-refractivity contribution is 5.89. The predicted octanol–water partition coefficient (Wildman–Crippen LogP) is -4.30. The lowest BCUT2D eigenvalue weighted by molar-refractivity contribution is -0.173. The number of hydrogen-bond donors (Lipinski definition) is 6. The molecule has 0 saturated heterocycles. The van der Waals surface area contributed by atoms with Crippen LogP contribution in [-0.2, 0) is 14.3 Å². The van der Waals surface area contributed by atoms with Crippen molar-refractivity contribution in [1.82, 2.24) is 0 Å². The highest BCUT2D eigenvalue weighted by Gasteiger charge is 2.23. The summed E-state index contributed by atoms with van der Waals surface area (Å²) in [4.78, 5) is 21.1. The second-order valence-electron chi connectivity index (χ2n) is 2.65. The largest absolute Gasteiger partial charge is 0.395 e. The summed E-state index contributed by atoms with van der Waals surface area (Å²) in [5, 5.41) is 41.4. The SMILES string of the molecule is NCCO.O=C(OC(=O)C(O)CO)C(O)CO. The van der Waals surface area contributed by atoms with E-state index in [9.17, 15) is 9.59 Å². The van der Waals surface area contributed by atoms with Crippen LogP contribution in [0.4, 0.5) is 0 Å². The molecule has 0 spiro atoms. The summed E-state index contributed by atoms with van der Waals surface area (Å²) in [5.74, 6) is -2.75. The summed E-state index contributed by atoms with van der Waals surface area (Å²) >= 11 is 0. The number of carbonyl (C=O) groups is 2. The van der Waals surface area contributed by atoms with Crippen LogP contribution in [0.1, 0.15) is 0 Å². The second-order valence-corrected chi connectivity index (χ2v) is 2.65. The third-order valence-corrected chi connectivity index (χ3v) is 1.22. The van der Waals surface area contributed by atoms with E-state index < -0.39 is 37.4 Å². The van der Waals surface area contributed by atoms with Gasteiger partial charge in [-0.05, 0) is 0 Å². The molecule has 17 heavy (non-hydrogen) atoms. The number of aliphatic hydroxyl groups excluding tert-OH is 5. The van der Waals surface area contributed by atoms with Crippen molar-refractivity contribution in [3.05, 3.63) is 0 Å². The smallest absolute Gasteiger partial charge is 0.345 e. The fourth-order valence-corrected chi connectivity index (χ4v) is 0.384. The van der Waals surface area contributed by atoms with E-state index in [1.54, 1.807) is 0 Å². The first-order valence-electron chi connectivity index (χ1n) is 4.58. The van der Waals surface area contributed by atoms with Crippen LogP contribution in [0.15, 0.2) is 0 Å². The van der Waals surface area contributed by atoms with Gasteiger partial charge in [-0.3, -0.25) is 0 Å². The van der Waals surface area contributed by atoms with Gasteiger partial charge in [0.25, 0.3) is 0 Å². The molecule has 0 aliphatic rings. The summed E-state index contributed by atoms with van der Waals surface area (Å²) in [6.45, 7) is -1.30. The molecule has 0 rings (SSSR count).